The van der Waals surface area contributed by atoms with E-state index in [1.165, 1.54) is 17.3 Å². The van der Waals surface area contributed by atoms with E-state index in [0.29, 0.717) is 39.8 Å². The molecule has 3 aromatic rings. The molecule has 0 atom stereocenters. The van der Waals surface area contributed by atoms with Gasteiger partial charge in [0.1, 0.15) is 6.61 Å². The Morgan fingerprint density at radius 2 is 1.89 bits per heavy atom. The fraction of sp³-hybridized carbons (Fsp3) is 0.185. The maximum absolute atomic E-state index is 12.6. The average molecular weight is 619 g/mol. The molecule has 0 aromatic heterocycles. The van der Waals surface area contributed by atoms with Gasteiger partial charge in [-0.2, -0.15) is 0 Å². The van der Waals surface area contributed by atoms with E-state index in [4.69, 9.17) is 21.1 Å². The minimum Gasteiger partial charge on any atom is -0.490 e. The molecule has 0 bridgehead atoms. The van der Waals surface area contributed by atoms with E-state index in [2.05, 4.69) is 64.1 Å². The van der Waals surface area contributed by atoms with Crippen molar-refractivity contribution in [3.8, 4) is 11.5 Å². The van der Waals surface area contributed by atoms with E-state index in [1.54, 1.807) is 0 Å². The smallest absolute Gasteiger partial charge is 0.264 e. The lowest BCUT2D eigenvalue weighted by atomic mass is 10.1. The van der Waals surface area contributed by atoms with E-state index in [-0.39, 0.29) is 5.91 Å². The molecule has 0 spiro atoms. The molecule has 0 radical (unpaired) electrons. The topological polar surface area (TPSA) is 59.9 Å². The number of aryl methyl sites for hydroxylation is 1. The number of nitrogens with zero attached hydrogens (tertiary/aromatic N) is 1. The summed E-state index contributed by atoms with van der Waals surface area (Å²) in [6, 6.07) is 17.6. The van der Waals surface area contributed by atoms with Crippen LogP contribution in [-0.4, -0.2) is 17.7 Å². The zero-order chi connectivity index (χ0) is 24.9. The van der Waals surface area contributed by atoms with E-state index in [9.17, 15) is 4.79 Å². The number of amidine groups is 1. The summed E-state index contributed by atoms with van der Waals surface area (Å²) in [6.07, 6.45) is 1.84. The van der Waals surface area contributed by atoms with Crippen molar-refractivity contribution in [3.63, 3.8) is 0 Å². The van der Waals surface area contributed by atoms with Crippen molar-refractivity contribution in [1.82, 2.24) is 5.32 Å². The Morgan fingerprint density at radius 3 is 2.63 bits per heavy atom. The number of amides is 1. The predicted molar refractivity (Wildman–Crippen MR) is 153 cm³/mol. The van der Waals surface area contributed by atoms with Crippen LogP contribution in [0.1, 0.15) is 29.2 Å². The second kappa shape index (κ2) is 11.5. The molecule has 5 nitrogen and oxygen atoms in total. The predicted octanol–water partition coefficient (Wildman–Crippen LogP) is 7.43. The highest BCUT2D eigenvalue weighted by Crippen LogP contribution is 2.37. The molecule has 35 heavy (non-hydrogen) atoms. The minimum atomic E-state index is -0.193. The van der Waals surface area contributed by atoms with Crippen molar-refractivity contribution in [2.45, 2.75) is 27.4 Å². The number of halogens is 2. The minimum absolute atomic E-state index is 0.193. The van der Waals surface area contributed by atoms with E-state index < -0.39 is 0 Å². The molecule has 1 amide bonds. The van der Waals surface area contributed by atoms with Crippen molar-refractivity contribution >= 4 is 68.8 Å². The normalized spacial score (nSPS) is 15.5. The molecular formula is C27H24ClIN2O3S. The first-order chi connectivity index (χ1) is 16.8. The Kier molecular flexibility index (Phi) is 8.41. The average Bonchev–Trinajstić information content (AvgIpc) is 3.16. The van der Waals surface area contributed by atoms with Crippen molar-refractivity contribution in [1.29, 1.82) is 0 Å². The van der Waals surface area contributed by atoms with Gasteiger partial charge in [-0.05, 0) is 102 Å². The zero-order valence-electron chi connectivity index (χ0n) is 19.5. The largest absolute Gasteiger partial charge is 0.490 e. The highest BCUT2D eigenvalue weighted by atomic mass is 127. The third kappa shape index (κ3) is 6.39. The highest BCUT2D eigenvalue weighted by Gasteiger charge is 2.24. The molecule has 1 aliphatic heterocycles. The number of aliphatic imine (C=N–C) groups is 1. The quantitative estimate of drug-likeness (QED) is 0.221. The first-order valence-electron chi connectivity index (χ1n) is 11.0. The summed E-state index contributed by atoms with van der Waals surface area (Å²) in [6.45, 7) is 6.84. The Bertz CT molecular complexity index is 1320. The van der Waals surface area contributed by atoms with Gasteiger partial charge in [-0.25, -0.2) is 4.99 Å². The number of thioether (sulfide) groups is 1. The Balaban J connectivity index is 1.56. The molecule has 1 fully saturated rings. The number of hydrogen-bond acceptors (Lipinski definition) is 5. The van der Waals surface area contributed by atoms with Crippen LogP contribution in [0.4, 0.5) is 5.69 Å². The van der Waals surface area contributed by atoms with Gasteiger partial charge in [0.25, 0.3) is 5.91 Å². The fourth-order valence-electron chi connectivity index (χ4n) is 3.37. The summed E-state index contributed by atoms with van der Waals surface area (Å²) in [4.78, 5) is 17.7. The summed E-state index contributed by atoms with van der Waals surface area (Å²) in [5.74, 6) is 1.14. The molecule has 0 aliphatic carbocycles. The van der Waals surface area contributed by atoms with Gasteiger partial charge in [0.2, 0.25) is 0 Å². The second-order valence-electron chi connectivity index (χ2n) is 7.90. The number of nitrogens with one attached hydrogen (secondary N) is 1. The van der Waals surface area contributed by atoms with Crippen LogP contribution in [0.5, 0.6) is 11.5 Å². The van der Waals surface area contributed by atoms with Crippen LogP contribution in [0.15, 0.2) is 64.5 Å². The molecule has 3 aromatic carbocycles. The van der Waals surface area contributed by atoms with E-state index >= 15 is 0 Å². The maximum Gasteiger partial charge on any atom is 0.264 e. The molecule has 1 saturated heterocycles. The zero-order valence-corrected chi connectivity index (χ0v) is 23.3. The summed E-state index contributed by atoms with van der Waals surface area (Å²) in [5, 5.41) is 3.99. The standard InChI is InChI=1S/C27H24ClIN2O3S/c1-4-33-23-13-19(12-21(29)25(23)34-15-18-10-8-16(2)9-11-18)14-24-26(32)31-27(35-24)30-22-7-5-6-20(28)17(22)3/h5-14H,4,15H2,1-3H3,(H,30,31,32)/b24-14+. The SMILES string of the molecule is CCOc1cc(/C=C2/SC(=Nc3cccc(Cl)c3C)NC2=O)cc(I)c1OCc1ccc(C)cc1. The fourth-order valence-corrected chi connectivity index (χ4v) is 5.16. The van der Waals surface area contributed by atoms with Gasteiger partial charge < -0.3 is 14.8 Å². The van der Waals surface area contributed by atoms with Crippen molar-refractivity contribution in [2.75, 3.05) is 6.61 Å². The van der Waals surface area contributed by atoms with Gasteiger partial charge >= 0.3 is 0 Å². The summed E-state index contributed by atoms with van der Waals surface area (Å²) < 4.78 is 12.9. The van der Waals surface area contributed by atoms with E-state index in [0.717, 1.165) is 25.9 Å². The third-order valence-corrected chi connectivity index (χ3v) is 7.37. The van der Waals surface area contributed by atoms with Gasteiger partial charge in [-0.15, -0.1) is 0 Å². The second-order valence-corrected chi connectivity index (χ2v) is 10.5. The lowest BCUT2D eigenvalue weighted by Gasteiger charge is -2.15. The van der Waals surface area contributed by atoms with Gasteiger partial charge in [0.05, 0.1) is 20.8 Å². The Labute approximate surface area is 228 Å². The van der Waals surface area contributed by atoms with Crippen LogP contribution in [0.25, 0.3) is 6.08 Å². The molecule has 1 N–H and O–H groups in total. The van der Waals surface area contributed by atoms with Crippen molar-refractivity contribution < 1.29 is 14.3 Å². The molecule has 1 heterocycles. The lowest BCUT2D eigenvalue weighted by molar-refractivity contribution is -0.115. The maximum atomic E-state index is 12.6. The van der Waals surface area contributed by atoms with Crippen LogP contribution in [0, 0.1) is 17.4 Å². The van der Waals surface area contributed by atoms with Gasteiger partial charge in [-0.1, -0.05) is 47.5 Å². The van der Waals surface area contributed by atoms with Crippen LogP contribution < -0.4 is 14.8 Å². The monoisotopic (exact) mass is 618 g/mol. The number of rotatable bonds is 7. The number of hydrogen-bond donors (Lipinski definition) is 1. The Hall–Kier alpha value is -2.49. The van der Waals surface area contributed by atoms with Gasteiger partial charge in [0.15, 0.2) is 16.7 Å². The third-order valence-electron chi connectivity index (χ3n) is 5.25. The van der Waals surface area contributed by atoms with Crippen LogP contribution in [0.2, 0.25) is 5.02 Å². The number of benzene rings is 3. The first-order valence-corrected chi connectivity index (χ1v) is 13.3. The Morgan fingerprint density at radius 1 is 1.11 bits per heavy atom. The molecule has 4 rings (SSSR count). The van der Waals surface area contributed by atoms with Crippen LogP contribution >= 0.6 is 46.0 Å². The first kappa shape index (κ1) is 25.6. The number of ether oxygens (including phenoxy) is 2. The lowest BCUT2D eigenvalue weighted by Crippen LogP contribution is -2.19. The molecular weight excluding hydrogens is 595 g/mol. The molecule has 0 saturated carbocycles. The number of carbonyl (C=O) groups is 1. The van der Waals surface area contributed by atoms with Gasteiger partial charge in [0, 0.05) is 5.02 Å². The van der Waals surface area contributed by atoms with E-state index in [1.807, 2.05) is 50.3 Å². The van der Waals surface area contributed by atoms with Crippen molar-refractivity contribution in [2.24, 2.45) is 4.99 Å². The molecule has 1 aliphatic rings. The summed E-state index contributed by atoms with van der Waals surface area (Å²) >= 11 is 9.73. The molecule has 8 heteroatoms. The number of carbonyl (C=O) groups excluding carboxylic acids is 1. The highest BCUT2D eigenvalue weighted by molar-refractivity contribution is 14.1. The van der Waals surface area contributed by atoms with Crippen molar-refractivity contribution in [3.05, 3.63) is 90.3 Å². The molecule has 180 valence electrons. The summed E-state index contributed by atoms with van der Waals surface area (Å²) in [7, 11) is 0. The van der Waals surface area contributed by atoms with Gasteiger partial charge in [-0.3, -0.25) is 4.79 Å². The summed E-state index contributed by atoms with van der Waals surface area (Å²) in [5.41, 5.74) is 4.73. The van der Waals surface area contributed by atoms with Crippen LogP contribution in [-0.2, 0) is 11.4 Å². The molecule has 0 unspecified atom stereocenters. The van der Waals surface area contributed by atoms with Crippen LogP contribution in [0.3, 0.4) is 0 Å².